The molecule has 1 aliphatic heterocycles. The zero-order valence-corrected chi connectivity index (χ0v) is 16.1. The molecule has 9 heteroatoms. The Kier molecular flexibility index (Phi) is 6.70. The van der Waals surface area contributed by atoms with Crippen molar-refractivity contribution in [2.45, 2.75) is 39.0 Å². The highest BCUT2D eigenvalue weighted by atomic mass is 32.2. The van der Waals surface area contributed by atoms with Crippen LogP contribution in [0.5, 0.6) is 0 Å². The van der Waals surface area contributed by atoms with Gasteiger partial charge in [0.15, 0.2) is 0 Å². The highest BCUT2D eigenvalue weighted by Crippen LogP contribution is 2.29. The van der Waals surface area contributed by atoms with E-state index < -0.39 is 21.9 Å². The first-order chi connectivity index (χ1) is 12.0. The Bertz CT molecular complexity index is 690. The quantitative estimate of drug-likeness (QED) is 0.773. The van der Waals surface area contributed by atoms with Crippen LogP contribution in [0.1, 0.15) is 31.4 Å². The molecule has 2 rings (SSSR count). The van der Waals surface area contributed by atoms with Crippen molar-refractivity contribution in [2.24, 2.45) is 0 Å². The van der Waals surface area contributed by atoms with Gasteiger partial charge in [-0.15, -0.1) is 0 Å². The minimum Gasteiger partial charge on any atom is -0.298 e. The van der Waals surface area contributed by atoms with Crippen LogP contribution in [0.15, 0.2) is 24.3 Å². The maximum absolute atomic E-state index is 12.6. The average molecular weight is 393 g/mol. The maximum Gasteiger partial charge on any atom is 0.416 e. The van der Waals surface area contributed by atoms with Gasteiger partial charge in [-0.05, 0) is 44.5 Å². The van der Waals surface area contributed by atoms with Crippen molar-refractivity contribution in [3.05, 3.63) is 35.4 Å². The first kappa shape index (κ1) is 21.1. The van der Waals surface area contributed by atoms with Crippen molar-refractivity contribution in [3.8, 4) is 0 Å². The summed E-state index contributed by atoms with van der Waals surface area (Å²) in [4.78, 5) is 2.08. The molecule has 0 aliphatic carbocycles. The summed E-state index contributed by atoms with van der Waals surface area (Å²) in [6, 6.07) is 5.01. The summed E-state index contributed by atoms with van der Waals surface area (Å²) in [6.07, 6.45) is -3.65. The monoisotopic (exact) mass is 393 g/mol. The van der Waals surface area contributed by atoms with E-state index in [4.69, 9.17) is 0 Å². The van der Waals surface area contributed by atoms with E-state index in [0.717, 1.165) is 17.7 Å². The lowest BCUT2D eigenvalue weighted by molar-refractivity contribution is -0.137. The predicted octanol–water partition coefficient (Wildman–Crippen LogP) is 2.80. The lowest BCUT2D eigenvalue weighted by Crippen LogP contribution is -2.46. The number of rotatable bonds is 5. The van der Waals surface area contributed by atoms with Crippen LogP contribution in [0.25, 0.3) is 0 Å². The van der Waals surface area contributed by atoms with Gasteiger partial charge in [-0.25, -0.2) is 0 Å². The summed E-state index contributed by atoms with van der Waals surface area (Å²) in [5.41, 5.74) is 0.125. The van der Waals surface area contributed by atoms with E-state index in [1.54, 1.807) is 7.05 Å². The Hall–Kier alpha value is -1.16. The number of halogens is 3. The molecule has 5 nitrogen and oxygen atoms in total. The number of hydrogen-bond donors (Lipinski definition) is 0. The Balaban J connectivity index is 1.98. The summed E-state index contributed by atoms with van der Waals surface area (Å²) in [7, 11) is -1.91. The van der Waals surface area contributed by atoms with E-state index in [1.807, 2.05) is 13.8 Å². The van der Waals surface area contributed by atoms with E-state index in [1.165, 1.54) is 20.7 Å². The van der Waals surface area contributed by atoms with Crippen LogP contribution in [0.4, 0.5) is 13.2 Å². The third-order valence-corrected chi connectivity index (χ3v) is 6.82. The highest BCUT2D eigenvalue weighted by molar-refractivity contribution is 7.86. The van der Waals surface area contributed by atoms with Crippen LogP contribution in [0.3, 0.4) is 0 Å². The molecule has 0 radical (unpaired) electrons. The van der Waals surface area contributed by atoms with Crippen LogP contribution in [-0.2, 0) is 22.9 Å². The van der Waals surface area contributed by atoms with Crippen LogP contribution in [-0.4, -0.2) is 61.2 Å². The van der Waals surface area contributed by atoms with Crippen molar-refractivity contribution in [1.82, 2.24) is 13.5 Å². The summed E-state index contributed by atoms with van der Waals surface area (Å²) in [5, 5.41) is 0. The molecule has 1 aromatic carbocycles. The molecule has 1 aromatic rings. The molecule has 0 N–H and O–H groups in total. The standard InChI is InChI=1S/C17H26F3N3O2S/c1-14(2)21(3)26(24,25)23-10-4-9-22(11-12-23)13-15-5-7-16(8-6-15)17(18,19)20/h5-8,14H,4,9-13H2,1-3H3. The highest BCUT2D eigenvalue weighted by Gasteiger charge is 2.31. The van der Waals surface area contributed by atoms with Gasteiger partial charge in [-0.1, -0.05) is 12.1 Å². The van der Waals surface area contributed by atoms with Gasteiger partial charge in [-0.3, -0.25) is 4.90 Å². The van der Waals surface area contributed by atoms with Gasteiger partial charge in [0, 0.05) is 39.3 Å². The second kappa shape index (κ2) is 8.24. The van der Waals surface area contributed by atoms with Crippen molar-refractivity contribution in [1.29, 1.82) is 0 Å². The molecule has 0 unspecified atom stereocenters. The number of benzene rings is 1. The van der Waals surface area contributed by atoms with Gasteiger partial charge in [-0.2, -0.15) is 30.2 Å². The molecule has 1 aliphatic rings. The van der Waals surface area contributed by atoms with Gasteiger partial charge in [0.2, 0.25) is 0 Å². The summed E-state index contributed by atoms with van der Waals surface area (Å²) >= 11 is 0. The van der Waals surface area contributed by atoms with Crippen LogP contribution in [0.2, 0.25) is 0 Å². The topological polar surface area (TPSA) is 43.9 Å². The Morgan fingerprint density at radius 1 is 1.08 bits per heavy atom. The van der Waals surface area contributed by atoms with Crippen molar-refractivity contribution >= 4 is 10.2 Å². The third kappa shape index (κ3) is 5.18. The normalized spacial score (nSPS) is 18.5. The fourth-order valence-corrected chi connectivity index (χ4v) is 4.41. The van der Waals surface area contributed by atoms with Gasteiger partial charge in [0.05, 0.1) is 5.56 Å². The zero-order valence-electron chi connectivity index (χ0n) is 15.3. The molecule has 0 amide bonds. The molecular formula is C17H26F3N3O2S. The molecule has 0 spiro atoms. The second-order valence-electron chi connectivity index (χ2n) is 6.84. The Labute approximate surface area is 153 Å². The van der Waals surface area contributed by atoms with Crippen LogP contribution in [0, 0.1) is 0 Å². The molecule has 0 atom stereocenters. The van der Waals surface area contributed by atoms with Crippen LogP contribution >= 0.6 is 0 Å². The van der Waals surface area contributed by atoms with Crippen molar-refractivity contribution < 1.29 is 21.6 Å². The average Bonchev–Trinajstić information content (AvgIpc) is 2.79. The molecule has 1 fully saturated rings. The Morgan fingerprint density at radius 3 is 2.23 bits per heavy atom. The second-order valence-corrected chi connectivity index (χ2v) is 8.83. The summed E-state index contributed by atoms with van der Waals surface area (Å²) in [5.74, 6) is 0. The fraction of sp³-hybridized carbons (Fsp3) is 0.647. The Morgan fingerprint density at radius 2 is 1.69 bits per heavy atom. The van der Waals surface area contributed by atoms with E-state index >= 15 is 0 Å². The molecule has 0 bridgehead atoms. The van der Waals surface area contributed by atoms with E-state index in [-0.39, 0.29) is 6.04 Å². The largest absolute Gasteiger partial charge is 0.416 e. The molecular weight excluding hydrogens is 367 g/mol. The fourth-order valence-electron chi connectivity index (χ4n) is 2.84. The molecule has 0 saturated carbocycles. The lowest BCUT2D eigenvalue weighted by atomic mass is 10.1. The number of alkyl halides is 3. The first-order valence-corrected chi connectivity index (χ1v) is 10.0. The minimum atomic E-state index is -4.33. The van der Waals surface area contributed by atoms with Gasteiger partial charge < -0.3 is 0 Å². The molecule has 1 saturated heterocycles. The smallest absolute Gasteiger partial charge is 0.298 e. The number of hydrogen-bond acceptors (Lipinski definition) is 3. The maximum atomic E-state index is 12.6. The lowest BCUT2D eigenvalue weighted by Gasteiger charge is -2.28. The van der Waals surface area contributed by atoms with Crippen molar-refractivity contribution in [3.63, 3.8) is 0 Å². The SMILES string of the molecule is CC(C)N(C)S(=O)(=O)N1CCCN(Cc2ccc(C(F)(F)F)cc2)CC1. The van der Waals surface area contributed by atoms with Gasteiger partial charge in [0.1, 0.15) is 0 Å². The van der Waals surface area contributed by atoms with Crippen molar-refractivity contribution in [2.75, 3.05) is 33.2 Å². The summed E-state index contributed by atoms with van der Waals surface area (Å²) in [6.45, 7) is 6.23. The van der Waals surface area contributed by atoms with Gasteiger partial charge >= 0.3 is 6.18 Å². The van der Waals surface area contributed by atoms with E-state index in [2.05, 4.69) is 4.90 Å². The summed E-state index contributed by atoms with van der Waals surface area (Å²) < 4.78 is 65.9. The molecule has 0 aromatic heterocycles. The van der Waals surface area contributed by atoms with Crippen LogP contribution < -0.4 is 0 Å². The van der Waals surface area contributed by atoms with E-state index in [9.17, 15) is 21.6 Å². The molecule has 26 heavy (non-hydrogen) atoms. The zero-order chi connectivity index (χ0) is 19.5. The molecule has 148 valence electrons. The van der Waals surface area contributed by atoms with E-state index in [0.29, 0.717) is 39.1 Å². The number of nitrogens with zero attached hydrogens (tertiary/aromatic N) is 3. The first-order valence-electron chi connectivity index (χ1n) is 8.63. The minimum absolute atomic E-state index is 0.119. The third-order valence-electron chi connectivity index (χ3n) is 4.65. The predicted molar refractivity (Wildman–Crippen MR) is 94.7 cm³/mol. The van der Waals surface area contributed by atoms with Gasteiger partial charge in [0.25, 0.3) is 10.2 Å². The molecule has 1 heterocycles.